The molecule has 3 N–H and O–H groups in total. The number of amides is 2. The number of benzene rings is 1. The van der Waals surface area contributed by atoms with Crippen molar-refractivity contribution in [2.45, 2.75) is 37.9 Å². The molecule has 1 aliphatic heterocycles. The maximum absolute atomic E-state index is 12.9. The molecule has 0 aromatic heterocycles. The largest absolute Gasteiger partial charge is 0.416 e. The van der Waals surface area contributed by atoms with Crippen molar-refractivity contribution < 1.29 is 22.8 Å². The number of hydrogen-bond donors (Lipinski definition) is 2. The maximum Gasteiger partial charge on any atom is 0.416 e. The second kappa shape index (κ2) is 8.48. The highest BCUT2D eigenvalue weighted by molar-refractivity contribution is 5.97. The number of alkyl halides is 3. The third kappa shape index (κ3) is 4.73. The Morgan fingerprint density at radius 3 is 2.70 bits per heavy atom. The van der Waals surface area contributed by atoms with Crippen molar-refractivity contribution in [1.29, 1.82) is 0 Å². The molecule has 1 aliphatic carbocycles. The van der Waals surface area contributed by atoms with E-state index in [1.807, 2.05) is 0 Å². The molecule has 0 radical (unpaired) electrons. The van der Waals surface area contributed by atoms with Gasteiger partial charge in [-0.25, -0.2) is 0 Å². The number of nitrogens with two attached hydrogens (primary N) is 1. The van der Waals surface area contributed by atoms with Gasteiger partial charge in [-0.2, -0.15) is 13.2 Å². The van der Waals surface area contributed by atoms with E-state index >= 15 is 0 Å². The highest BCUT2D eigenvalue weighted by Crippen LogP contribution is 2.33. The van der Waals surface area contributed by atoms with Gasteiger partial charge in [-0.15, -0.1) is 12.4 Å². The van der Waals surface area contributed by atoms with Gasteiger partial charge < -0.3 is 16.0 Å². The Labute approximate surface area is 161 Å². The first-order valence-corrected chi connectivity index (χ1v) is 8.77. The average Bonchev–Trinajstić information content (AvgIpc) is 3.20. The van der Waals surface area contributed by atoms with Crippen LogP contribution in [0.15, 0.2) is 24.3 Å². The summed E-state index contributed by atoms with van der Waals surface area (Å²) < 4.78 is 38.6. The summed E-state index contributed by atoms with van der Waals surface area (Å²) in [7, 11) is 0. The SMILES string of the molecule is Cl.NC[C@H]1CCC[C@H]1C(=O)NC1CC(=O)N(c2cccc(C(F)(F)F)c2)C1. The quantitative estimate of drug-likeness (QED) is 0.808. The Balaban J connectivity index is 0.00000261. The molecular formula is C18H23ClF3N3O2. The maximum atomic E-state index is 12.9. The van der Waals surface area contributed by atoms with Gasteiger partial charge in [0, 0.05) is 24.6 Å². The van der Waals surface area contributed by atoms with E-state index in [-0.39, 0.29) is 54.7 Å². The highest BCUT2D eigenvalue weighted by atomic mass is 35.5. The fraction of sp³-hybridized carbons (Fsp3) is 0.556. The smallest absolute Gasteiger partial charge is 0.351 e. The lowest BCUT2D eigenvalue weighted by atomic mass is 9.95. The first-order chi connectivity index (χ1) is 12.3. The van der Waals surface area contributed by atoms with Crippen LogP contribution in [0, 0.1) is 11.8 Å². The molecule has 3 atom stereocenters. The van der Waals surface area contributed by atoms with E-state index in [1.165, 1.54) is 17.0 Å². The van der Waals surface area contributed by atoms with E-state index in [0.717, 1.165) is 31.4 Å². The van der Waals surface area contributed by atoms with E-state index in [0.29, 0.717) is 6.54 Å². The summed E-state index contributed by atoms with van der Waals surface area (Å²) in [5.74, 6) is -0.387. The van der Waals surface area contributed by atoms with Crippen molar-refractivity contribution in [2.75, 3.05) is 18.0 Å². The Morgan fingerprint density at radius 2 is 2.04 bits per heavy atom. The van der Waals surface area contributed by atoms with E-state index in [9.17, 15) is 22.8 Å². The normalized spacial score (nSPS) is 25.4. The second-order valence-corrected chi connectivity index (χ2v) is 7.00. The summed E-state index contributed by atoms with van der Waals surface area (Å²) in [5, 5.41) is 2.88. The van der Waals surface area contributed by atoms with Gasteiger partial charge >= 0.3 is 6.18 Å². The molecule has 1 aromatic rings. The number of carbonyl (C=O) groups is 2. The van der Waals surface area contributed by atoms with Crippen LogP contribution in [0.25, 0.3) is 0 Å². The van der Waals surface area contributed by atoms with Crippen LogP contribution in [0.3, 0.4) is 0 Å². The molecule has 1 saturated heterocycles. The summed E-state index contributed by atoms with van der Waals surface area (Å²) in [6.45, 7) is 0.629. The fourth-order valence-electron chi connectivity index (χ4n) is 3.88. The first kappa shape index (κ1) is 21.5. The summed E-state index contributed by atoms with van der Waals surface area (Å²) in [6, 6.07) is 4.28. The number of hydrogen-bond acceptors (Lipinski definition) is 3. The van der Waals surface area contributed by atoms with Crippen LogP contribution in [0.5, 0.6) is 0 Å². The van der Waals surface area contributed by atoms with Crippen molar-refractivity contribution in [1.82, 2.24) is 5.32 Å². The molecule has 150 valence electrons. The first-order valence-electron chi connectivity index (χ1n) is 8.77. The third-order valence-electron chi connectivity index (χ3n) is 5.26. The van der Waals surface area contributed by atoms with Crippen LogP contribution in [0.2, 0.25) is 0 Å². The number of rotatable bonds is 4. The third-order valence-corrected chi connectivity index (χ3v) is 5.26. The predicted octanol–water partition coefficient (Wildman–Crippen LogP) is 2.72. The minimum absolute atomic E-state index is 0. The highest BCUT2D eigenvalue weighted by Gasteiger charge is 2.37. The lowest BCUT2D eigenvalue weighted by Gasteiger charge is -2.21. The molecule has 1 unspecified atom stereocenters. The minimum atomic E-state index is -4.47. The second-order valence-electron chi connectivity index (χ2n) is 7.00. The van der Waals surface area contributed by atoms with Gasteiger partial charge in [0.1, 0.15) is 0 Å². The van der Waals surface area contributed by atoms with E-state index in [2.05, 4.69) is 5.32 Å². The van der Waals surface area contributed by atoms with Crippen LogP contribution in [-0.2, 0) is 15.8 Å². The molecule has 0 bridgehead atoms. The number of nitrogens with zero attached hydrogens (tertiary/aromatic N) is 1. The standard InChI is InChI=1S/C18H22F3N3O2.ClH/c19-18(20,21)12-4-2-5-14(7-12)24-10-13(8-16(24)25)23-17(26)15-6-1-3-11(15)9-22;/h2,4-5,7,11,13,15H,1,3,6,8-10,22H2,(H,23,26);1H/t11-,13?,15-;/m1./s1. The topological polar surface area (TPSA) is 75.4 Å². The molecule has 9 heteroatoms. The zero-order valence-electron chi connectivity index (χ0n) is 14.7. The molecule has 0 spiro atoms. The summed E-state index contributed by atoms with van der Waals surface area (Å²) in [6.07, 6.45) is -1.71. The van der Waals surface area contributed by atoms with Crippen molar-refractivity contribution in [3.05, 3.63) is 29.8 Å². The van der Waals surface area contributed by atoms with Crippen molar-refractivity contribution >= 4 is 29.9 Å². The number of nitrogens with one attached hydrogen (secondary N) is 1. The molecule has 5 nitrogen and oxygen atoms in total. The molecule has 2 fully saturated rings. The fourth-order valence-corrected chi connectivity index (χ4v) is 3.88. The van der Waals surface area contributed by atoms with E-state index in [1.54, 1.807) is 0 Å². The van der Waals surface area contributed by atoms with Gasteiger partial charge in [0.15, 0.2) is 0 Å². The summed E-state index contributed by atoms with van der Waals surface area (Å²) in [4.78, 5) is 26.0. The number of anilines is 1. The zero-order valence-corrected chi connectivity index (χ0v) is 15.5. The summed E-state index contributed by atoms with van der Waals surface area (Å²) in [5.41, 5.74) is 5.10. The Bertz CT molecular complexity index is 699. The van der Waals surface area contributed by atoms with Crippen LogP contribution in [0.4, 0.5) is 18.9 Å². The molecule has 2 aliphatic rings. The molecule has 2 amide bonds. The van der Waals surface area contributed by atoms with Crippen molar-refractivity contribution in [3.8, 4) is 0 Å². The molecule has 1 heterocycles. The molecule has 27 heavy (non-hydrogen) atoms. The lowest BCUT2D eigenvalue weighted by Crippen LogP contribution is -2.42. The predicted molar refractivity (Wildman–Crippen MR) is 97.5 cm³/mol. The van der Waals surface area contributed by atoms with Crippen molar-refractivity contribution in [2.24, 2.45) is 17.6 Å². The van der Waals surface area contributed by atoms with Gasteiger partial charge in [0.2, 0.25) is 11.8 Å². The van der Waals surface area contributed by atoms with Gasteiger partial charge in [-0.05, 0) is 43.5 Å². The van der Waals surface area contributed by atoms with Gasteiger partial charge in [-0.3, -0.25) is 9.59 Å². The van der Waals surface area contributed by atoms with Crippen LogP contribution < -0.4 is 16.0 Å². The van der Waals surface area contributed by atoms with Crippen LogP contribution >= 0.6 is 12.4 Å². The Morgan fingerprint density at radius 1 is 1.30 bits per heavy atom. The Kier molecular flexibility index (Phi) is 6.75. The summed E-state index contributed by atoms with van der Waals surface area (Å²) >= 11 is 0. The molecule has 1 saturated carbocycles. The lowest BCUT2D eigenvalue weighted by molar-refractivity contribution is -0.137. The van der Waals surface area contributed by atoms with E-state index < -0.39 is 17.8 Å². The Hall–Kier alpha value is -1.80. The molecule has 3 rings (SSSR count). The monoisotopic (exact) mass is 405 g/mol. The number of carbonyl (C=O) groups excluding carboxylic acids is 2. The zero-order chi connectivity index (χ0) is 18.9. The molecular weight excluding hydrogens is 383 g/mol. The van der Waals surface area contributed by atoms with Gasteiger partial charge in [0.25, 0.3) is 0 Å². The average molecular weight is 406 g/mol. The van der Waals surface area contributed by atoms with Gasteiger partial charge in [0.05, 0.1) is 11.6 Å². The van der Waals surface area contributed by atoms with E-state index in [4.69, 9.17) is 5.73 Å². The van der Waals surface area contributed by atoms with Crippen molar-refractivity contribution in [3.63, 3.8) is 0 Å². The van der Waals surface area contributed by atoms with Gasteiger partial charge in [-0.1, -0.05) is 12.5 Å². The minimum Gasteiger partial charge on any atom is -0.351 e. The van der Waals surface area contributed by atoms with Crippen LogP contribution in [-0.4, -0.2) is 30.9 Å². The molecule has 1 aromatic carbocycles. The number of halogens is 4. The van der Waals surface area contributed by atoms with Crippen LogP contribution in [0.1, 0.15) is 31.2 Å².